The van der Waals surface area contributed by atoms with Crippen LogP contribution in [0.2, 0.25) is 0 Å². The smallest absolute Gasteiger partial charge is 0.236 e. The van der Waals surface area contributed by atoms with Crippen molar-refractivity contribution in [3.63, 3.8) is 0 Å². The fraction of sp³-hybridized carbons (Fsp3) is 0.263. The van der Waals surface area contributed by atoms with Crippen LogP contribution in [0.3, 0.4) is 0 Å². The third-order valence-electron chi connectivity index (χ3n) is 4.59. The summed E-state index contributed by atoms with van der Waals surface area (Å²) in [7, 11) is 0. The van der Waals surface area contributed by atoms with Crippen LogP contribution in [-0.2, 0) is 10.2 Å². The van der Waals surface area contributed by atoms with Crippen LogP contribution in [0.25, 0.3) is 11.5 Å². The van der Waals surface area contributed by atoms with Gasteiger partial charge in [0.1, 0.15) is 0 Å². The molecule has 0 saturated heterocycles. The van der Waals surface area contributed by atoms with E-state index in [1.165, 1.54) is 0 Å². The second kappa shape index (κ2) is 5.37. The van der Waals surface area contributed by atoms with Gasteiger partial charge in [0.05, 0.1) is 17.4 Å². The number of rotatable bonds is 4. The molecule has 122 valence electrons. The minimum Gasteiger partial charge on any atom is -0.461 e. The number of carbonyl (C=O) groups is 1. The summed E-state index contributed by atoms with van der Waals surface area (Å²) in [6, 6.07) is 11.4. The third-order valence-corrected chi connectivity index (χ3v) is 4.59. The standard InChI is InChI=1S/C19H18N2O3/c1-12-5-6-13(2)14(10-12)20-18(22)19(7-8-19)17-11-16(24-21-17)15-4-3-9-23-15/h3-6,9-11H,7-8H2,1-2H3,(H,20,22). The highest BCUT2D eigenvalue weighted by Crippen LogP contribution is 2.49. The maximum atomic E-state index is 12.8. The zero-order chi connectivity index (χ0) is 16.7. The van der Waals surface area contributed by atoms with Gasteiger partial charge >= 0.3 is 0 Å². The van der Waals surface area contributed by atoms with Crippen LogP contribution >= 0.6 is 0 Å². The molecule has 0 bridgehead atoms. The van der Waals surface area contributed by atoms with Gasteiger partial charge < -0.3 is 14.3 Å². The molecule has 0 unspecified atom stereocenters. The Balaban J connectivity index is 1.59. The van der Waals surface area contributed by atoms with E-state index in [0.29, 0.717) is 17.2 Å². The number of nitrogens with zero attached hydrogens (tertiary/aromatic N) is 1. The van der Waals surface area contributed by atoms with Crippen LogP contribution in [-0.4, -0.2) is 11.1 Å². The van der Waals surface area contributed by atoms with Gasteiger partial charge in [0.15, 0.2) is 5.76 Å². The minimum absolute atomic E-state index is 0.0319. The Morgan fingerprint density at radius 2 is 2.00 bits per heavy atom. The largest absolute Gasteiger partial charge is 0.461 e. The van der Waals surface area contributed by atoms with Gasteiger partial charge in [-0.3, -0.25) is 4.79 Å². The third kappa shape index (κ3) is 2.42. The second-order valence-electron chi connectivity index (χ2n) is 6.41. The number of amides is 1. The lowest BCUT2D eigenvalue weighted by atomic mass is 10.00. The van der Waals surface area contributed by atoms with Gasteiger partial charge in [0.2, 0.25) is 11.7 Å². The highest BCUT2D eigenvalue weighted by Gasteiger charge is 2.54. The van der Waals surface area contributed by atoms with Crippen molar-refractivity contribution in [1.29, 1.82) is 0 Å². The quantitative estimate of drug-likeness (QED) is 0.781. The normalized spacial score (nSPS) is 15.2. The molecule has 5 nitrogen and oxygen atoms in total. The van der Waals surface area contributed by atoms with Gasteiger partial charge in [-0.1, -0.05) is 17.3 Å². The van der Waals surface area contributed by atoms with Gasteiger partial charge in [-0.2, -0.15) is 0 Å². The molecule has 1 saturated carbocycles. The predicted octanol–water partition coefficient (Wildman–Crippen LogP) is 4.22. The average Bonchev–Trinajstić information content (AvgIpc) is 3.00. The number of aryl methyl sites for hydroxylation is 2. The molecular weight excluding hydrogens is 304 g/mol. The molecule has 0 aliphatic heterocycles. The lowest BCUT2D eigenvalue weighted by Crippen LogP contribution is -2.28. The highest BCUT2D eigenvalue weighted by molar-refractivity contribution is 6.01. The fourth-order valence-electron chi connectivity index (χ4n) is 2.87. The monoisotopic (exact) mass is 322 g/mol. The van der Waals surface area contributed by atoms with E-state index in [1.54, 1.807) is 24.5 Å². The first-order valence-corrected chi connectivity index (χ1v) is 7.98. The summed E-state index contributed by atoms with van der Waals surface area (Å²) in [4.78, 5) is 12.8. The minimum atomic E-state index is -0.593. The van der Waals surface area contributed by atoms with Gasteiger partial charge in [0.25, 0.3) is 0 Å². The number of carbonyl (C=O) groups excluding carboxylic acids is 1. The molecule has 1 fully saturated rings. The maximum Gasteiger partial charge on any atom is 0.236 e. The summed E-state index contributed by atoms with van der Waals surface area (Å²) < 4.78 is 10.7. The summed E-state index contributed by atoms with van der Waals surface area (Å²) in [6.45, 7) is 4.00. The van der Waals surface area contributed by atoms with Crippen molar-refractivity contribution in [2.75, 3.05) is 5.32 Å². The molecule has 3 aromatic rings. The van der Waals surface area contributed by atoms with E-state index in [0.717, 1.165) is 29.7 Å². The molecule has 5 heteroatoms. The lowest BCUT2D eigenvalue weighted by molar-refractivity contribution is -0.118. The van der Waals surface area contributed by atoms with Crippen LogP contribution in [0.5, 0.6) is 0 Å². The summed E-state index contributed by atoms with van der Waals surface area (Å²) >= 11 is 0. The van der Waals surface area contributed by atoms with Crippen LogP contribution in [0.1, 0.15) is 29.7 Å². The van der Waals surface area contributed by atoms with Gasteiger partial charge in [0, 0.05) is 11.8 Å². The molecule has 1 aromatic carbocycles. The molecule has 24 heavy (non-hydrogen) atoms. The maximum absolute atomic E-state index is 12.8. The van der Waals surface area contributed by atoms with Crippen molar-refractivity contribution >= 4 is 11.6 Å². The molecular formula is C19H18N2O3. The Hall–Kier alpha value is -2.82. The number of furan rings is 1. The van der Waals surface area contributed by atoms with Crippen molar-refractivity contribution in [2.45, 2.75) is 32.1 Å². The van der Waals surface area contributed by atoms with E-state index < -0.39 is 5.41 Å². The van der Waals surface area contributed by atoms with Crippen molar-refractivity contribution < 1.29 is 13.7 Å². The van der Waals surface area contributed by atoms with E-state index >= 15 is 0 Å². The first-order valence-electron chi connectivity index (χ1n) is 7.98. The van der Waals surface area contributed by atoms with Crippen LogP contribution < -0.4 is 5.32 Å². The van der Waals surface area contributed by atoms with Crippen molar-refractivity contribution in [1.82, 2.24) is 5.16 Å². The molecule has 1 aliphatic rings. The summed E-state index contributed by atoms with van der Waals surface area (Å²) in [5, 5.41) is 7.17. The first kappa shape index (κ1) is 14.8. The first-order chi connectivity index (χ1) is 11.6. The van der Waals surface area contributed by atoms with Gasteiger partial charge in [-0.25, -0.2) is 0 Å². The van der Waals surface area contributed by atoms with E-state index in [2.05, 4.69) is 10.5 Å². The zero-order valence-corrected chi connectivity index (χ0v) is 13.6. The number of anilines is 1. The van der Waals surface area contributed by atoms with E-state index in [1.807, 2.05) is 32.0 Å². The summed E-state index contributed by atoms with van der Waals surface area (Å²) in [5.41, 5.74) is 3.08. The molecule has 0 radical (unpaired) electrons. The van der Waals surface area contributed by atoms with Gasteiger partial charge in [-0.15, -0.1) is 0 Å². The van der Waals surface area contributed by atoms with Crippen LogP contribution in [0.15, 0.2) is 51.6 Å². The van der Waals surface area contributed by atoms with Crippen LogP contribution in [0, 0.1) is 13.8 Å². The van der Waals surface area contributed by atoms with Crippen molar-refractivity contribution in [3.8, 4) is 11.5 Å². The molecule has 1 aliphatic carbocycles. The molecule has 4 rings (SSSR count). The molecule has 2 heterocycles. The Bertz CT molecular complexity index is 889. The summed E-state index contributed by atoms with van der Waals surface area (Å²) in [6.07, 6.45) is 3.12. The van der Waals surface area contributed by atoms with Crippen molar-refractivity contribution in [2.24, 2.45) is 0 Å². The Morgan fingerprint density at radius 1 is 1.17 bits per heavy atom. The number of benzene rings is 1. The Morgan fingerprint density at radius 3 is 2.71 bits per heavy atom. The van der Waals surface area contributed by atoms with E-state index in [9.17, 15) is 4.79 Å². The summed E-state index contributed by atoms with van der Waals surface area (Å²) in [5.74, 6) is 1.12. The zero-order valence-electron chi connectivity index (χ0n) is 13.6. The Kier molecular flexibility index (Phi) is 3.30. The topological polar surface area (TPSA) is 68.3 Å². The van der Waals surface area contributed by atoms with E-state index in [-0.39, 0.29) is 5.91 Å². The van der Waals surface area contributed by atoms with Crippen LogP contribution in [0.4, 0.5) is 5.69 Å². The molecule has 2 aromatic heterocycles. The predicted molar refractivity (Wildman–Crippen MR) is 89.7 cm³/mol. The van der Waals surface area contributed by atoms with Gasteiger partial charge in [-0.05, 0) is 56.0 Å². The highest BCUT2D eigenvalue weighted by atomic mass is 16.5. The number of hydrogen-bond donors (Lipinski definition) is 1. The Labute approximate surface area is 139 Å². The fourth-order valence-corrected chi connectivity index (χ4v) is 2.87. The number of nitrogens with one attached hydrogen (secondary N) is 1. The average molecular weight is 322 g/mol. The van der Waals surface area contributed by atoms with E-state index in [4.69, 9.17) is 8.94 Å². The lowest BCUT2D eigenvalue weighted by Gasteiger charge is -2.14. The molecule has 1 N–H and O–H groups in total. The molecule has 0 atom stereocenters. The van der Waals surface area contributed by atoms with Crippen molar-refractivity contribution in [3.05, 3.63) is 59.5 Å². The molecule has 0 spiro atoms. The SMILES string of the molecule is Cc1ccc(C)c(NC(=O)C2(c3cc(-c4ccco4)on3)CC2)c1. The number of aromatic nitrogens is 1. The number of hydrogen-bond acceptors (Lipinski definition) is 4. The second-order valence-corrected chi connectivity index (χ2v) is 6.41. The molecule has 1 amide bonds.